The van der Waals surface area contributed by atoms with Gasteiger partial charge in [-0.25, -0.2) is 9.97 Å². The summed E-state index contributed by atoms with van der Waals surface area (Å²) < 4.78 is 4.41. The predicted octanol–water partition coefficient (Wildman–Crippen LogP) is 7.03. The van der Waals surface area contributed by atoms with Crippen LogP contribution in [-0.2, 0) is 19.4 Å². The van der Waals surface area contributed by atoms with Gasteiger partial charge in [-0.1, -0.05) is 48.0 Å². The van der Waals surface area contributed by atoms with Gasteiger partial charge in [0, 0.05) is 28.6 Å². The number of nitrogens with zero attached hydrogens (tertiary/aromatic N) is 5. The first-order chi connectivity index (χ1) is 18.1. The van der Waals surface area contributed by atoms with E-state index in [0.717, 1.165) is 59.6 Å². The summed E-state index contributed by atoms with van der Waals surface area (Å²) in [6.45, 7) is 4.77. The topological polar surface area (TPSA) is 71.5 Å². The Hall–Kier alpha value is -4.08. The number of rotatable bonds is 5. The van der Waals surface area contributed by atoms with Crippen molar-refractivity contribution in [3.63, 3.8) is 0 Å². The average Bonchev–Trinajstić information content (AvgIpc) is 3.36. The van der Waals surface area contributed by atoms with E-state index in [4.69, 9.17) is 21.6 Å². The first-order valence-corrected chi connectivity index (χ1v) is 13.0. The third-order valence-corrected chi connectivity index (χ3v) is 7.70. The molecule has 3 aromatic heterocycles. The third-order valence-electron chi connectivity index (χ3n) is 7.46. The molecule has 0 atom stereocenters. The van der Waals surface area contributed by atoms with E-state index in [2.05, 4.69) is 44.8 Å². The standard InChI is InChI=1S/C30H27ClN6/c1-19-20(2)37(23-12-8-11-22(31)15-23)29(25(19)16-32)35-28-27-24-13-6-7-14-26(24)36(30(27)34-18-33-28)17-21-9-4-3-5-10-21/h3-5,8-12,15,18H,6-7,13-14,17H2,1-2H3,(H,33,34,35). The third kappa shape index (κ3) is 3.96. The Morgan fingerprint density at radius 1 is 1.03 bits per heavy atom. The highest BCUT2D eigenvalue weighted by Crippen LogP contribution is 2.38. The summed E-state index contributed by atoms with van der Waals surface area (Å²) in [7, 11) is 0. The molecule has 0 amide bonds. The fourth-order valence-corrected chi connectivity index (χ4v) is 5.77. The molecular weight excluding hydrogens is 480 g/mol. The van der Waals surface area contributed by atoms with Crippen LogP contribution in [0.3, 0.4) is 0 Å². The predicted molar refractivity (Wildman–Crippen MR) is 148 cm³/mol. The van der Waals surface area contributed by atoms with Gasteiger partial charge in [-0.05, 0) is 74.4 Å². The molecule has 5 aromatic rings. The van der Waals surface area contributed by atoms with Crippen LogP contribution in [0.2, 0.25) is 5.02 Å². The second-order valence-corrected chi connectivity index (χ2v) is 10.0. The maximum Gasteiger partial charge on any atom is 0.146 e. The number of hydrogen-bond acceptors (Lipinski definition) is 4. The van der Waals surface area contributed by atoms with Crippen molar-refractivity contribution in [2.75, 3.05) is 5.32 Å². The van der Waals surface area contributed by atoms with Crippen molar-refractivity contribution >= 4 is 34.3 Å². The Kier molecular flexibility index (Phi) is 5.94. The minimum Gasteiger partial charge on any atom is -0.325 e. The molecule has 0 spiro atoms. The summed E-state index contributed by atoms with van der Waals surface area (Å²) in [6.07, 6.45) is 5.96. The molecule has 7 heteroatoms. The van der Waals surface area contributed by atoms with Crippen molar-refractivity contribution in [2.45, 2.75) is 46.1 Å². The Labute approximate surface area is 221 Å². The fraction of sp³-hybridized carbons (Fsp3) is 0.233. The Morgan fingerprint density at radius 3 is 2.62 bits per heavy atom. The summed E-state index contributed by atoms with van der Waals surface area (Å²) >= 11 is 6.34. The van der Waals surface area contributed by atoms with Gasteiger partial charge in [-0.2, -0.15) is 5.26 Å². The molecule has 0 saturated heterocycles. The molecule has 0 fully saturated rings. The minimum atomic E-state index is 0.599. The number of fused-ring (bicyclic) bond motifs is 3. The van der Waals surface area contributed by atoms with Gasteiger partial charge in [0.25, 0.3) is 0 Å². The highest BCUT2D eigenvalue weighted by molar-refractivity contribution is 6.30. The molecule has 184 valence electrons. The van der Waals surface area contributed by atoms with Gasteiger partial charge in [-0.15, -0.1) is 0 Å². The zero-order valence-electron chi connectivity index (χ0n) is 20.9. The van der Waals surface area contributed by atoms with Crippen molar-refractivity contribution < 1.29 is 0 Å². The molecule has 3 heterocycles. The lowest BCUT2D eigenvalue weighted by Crippen LogP contribution is -2.09. The lowest BCUT2D eigenvalue weighted by Gasteiger charge is -2.16. The quantitative estimate of drug-likeness (QED) is 0.277. The maximum absolute atomic E-state index is 10.1. The molecule has 0 bridgehead atoms. The molecule has 1 aliphatic carbocycles. The van der Waals surface area contributed by atoms with Crippen LogP contribution < -0.4 is 5.32 Å². The second kappa shape index (κ2) is 9.42. The van der Waals surface area contributed by atoms with E-state index in [9.17, 15) is 5.26 Å². The summed E-state index contributed by atoms with van der Waals surface area (Å²) in [5.74, 6) is 1.42. The lowest BCUT2D eigenvalue weighted by molar-refractivity contribution is 0.636. The number of halogens is 1. The number of hydrogen-bond donors (Lipinski definition) is 1. The van der Waals surface area contributed by atoms with Gasteiger partial charge < -0.3 is 9.88 Å². The molecule has 6 nitrogen and oxygen atoms in total. The minimum absolute atomic E-state index is 0.599. The zero-order valence-corrected chi connectivity index (χ0v) is 21.7. The summed E-state index contributed by atoms with van der Waals surface area (Å²) in [4.78, 5) is 9.48. The highest BCUT2D eigenvalue weighted by Gasteiger charge is 2.26. The molecule has 0 saturated carbocycles. The van der Waals surface area contributed by atoms with Crippen LogP contribution in [0.4, 0.5) is 11.6 Å². The summed E-state index contributed by atoms with van der Waals surface area (Å²) in [6, 6.07) is 20.6. The molecule has 0 radical (unpaired) electrons. The lowest BCUT2D eigenvalue weighted by atomic mass is 9.96. The van der Waals surface area contributed by atoms with Crippen LogP contribution >= 0.6 is 11.6 Å². The Balaban J connectivity index is 1.54. The number of anilines is 2. The van der Waals surface area contributed by atoms with E-state index in [1.54, 1.807) is 6.33 Å². The Morgan fingerprint density at radius 2 is 1.84 bits per heavy atom. The molecule has 1 N–H and O–H groups in total. The van der Waals surface area contributed by atoms with Crippen LogP contribution in [0.1, 0.15) is 46.5 Å². The van der Waals surface area contributed by atoms with Crippen LogP contribution in [0, 0.1) is 25.2 Å². The van der Waals surface area contributed by atoms with Crippen molar-refractivity contribution in [3.8, 4) is 11.8 Å². The fourth-order valence-electron chi connectivity index (χ4n) is 5.59. The molecule has 6 rings (SSSR count). The van der Waals surface area contributed by atoms with Crippen molar-refractivity contribution in [1.82, 2.24) is 19.1 Å². The number of nitriles is 1. The number of nitrogens with one attached hydrogen (secondary N) is 1. The smallest absolute Gasteiger partial charge is 0.146 e. The van der Waals surface area contributed by atoms with Crippen LogP contribution in [0.5, 0.6) is 0 Å². The Bertz CT molecular complexity index is 1670. The summed E-state index contributed by atoms with van der Waals surface area (Å²) in [5.41, 5.74) is 8.23. The van der Waals surface area contributed by atoms with Crippen LogP contribution in [-0.4, -0.2) is 19.1 Å². The normalized spacial score (nSPS) is 12.9. The van der Waals surface area contributed by atoms with Crippen LogP contribution in [0.25, 0.3) is 16.7 Å². The van der Waals surface area contributed by atoms with Gasteiger partial charge >= 0.3 is 0 Å². The van der Waals surface area contributed by atoms with Crippen molar-refractivity contribution in [2.24, 2.45) is 0 Å². The van der Waals surface area contributed by atoms with Gasteiger partial charge in [0.2, 0.25) is 0 Å². The number of aromatic nitrogens is 4. The number of benzene rings is 2. The first kappa shape index (κ1) is 23.3. The molecule has 37 heavy (non-hydrogen) atoms. The molecular formula is C30H27ClN6. The van der Waals surface area contributed by atoms with Gasteiger partial charge in [-0.3, -0.25) is 4.57 Å². The summed E-state index contributed by atoms with van der Waals surface area (Å²) in [5, 5.41) is 15.4. The monoisotopic (exact) mass is 506 g/mol. The molecule has 2 aromatic carbocycles. The molecule has 1 aliphatic rings. The van der Waals surface area contributed by atoms with E-state index in [0.29, 0.717) is 16.4 Å². The van der Waals surface area contributed by atoms with E-state index in [1.165, 1.54) is 23.2 Å². The number of aryl methyl sites for hydroxylation is 1. The zero-order chi connectivity index (χ0) is 25.5. The van der Waals surface area contributed by atoms with Gasteiger partial charge in [0.15, 0.2) is 0 Å². The SMILES string of the molecule is Cc1c(C#N)c(Nc2ncnc3c2c2c(n3Cc3ccccc3)CCCC2)n(-c2cccc(Cl)c2)c1C. The van der Waals surface area contributed by atoms with E-state index in [1.807, 2.05) is 44.2 Å². The van der Waals surface area contributed by atoms with Gasteiger partial charge in [0.05, 0.1) is 10.9 Å². The van der Waals surface area contributed by atoms with E-state index < -0.39 is 0 Å². The van der Waals surface area contributed by atoms with Crippen LogP contribution in [0.15, 0.2) is 60.9 Å². The first-order valence-electron chi connectivity index (χ1n) is 12.6. The average molecular weight is 507 g/mol. The second-order valence-electron chi connectivity index (χ2n) is 9.61. The van der Waals surface area contributed by atoms with Crippen molar-refractivity contribution in [1.29, 1.82) is 5.26 Å². The van der Waals surface area contributed by atoms with E-state index >= 15 is 0 Å². The van der Waals surface area contributed by atoms with E-state index in [-0.39, 0.29) is 0 Å². The van der Waals surface area contributed by atoms with Crippen molar-refractivity contribution in [3.05, 3.63) is 99.6 Å². The largest absolute Gasteiger partial charge is 0.325 e. The maximum atomic E-state index is 10.1. The molecule has 0 unspecified atom stereocenters. The van der Waals surface area contributed by atoms with Gasteiger partial charge in [0.1, 0.15) is 29.7 Å². The molecule has 0 aliphatic heterocycles. The highest BCUT2D eigenvalue weighted by atomic mass is 35.5.